The van der Waals surface area contributed by atoms with Gasteiger partial charge in [-0.15, -0.1) is 0 Å². The molecule has 2 aromatic carbocycles. The van der Waals surface area contributed by atoms with E-state index in [-0.39, 0.29) is 18.4 Å². The SMILES string of the molecule is CC(C)(O)c1ccc(N2Cc3c(cc(C4CCOCC4)nc3-c3ccccc3OCC(F)F)C2=O)cc1. The number of nitrogens with zero attached hydrogens (tertiary/aromatic N) is 2. The van der Waals surface area contributed by atoms with Crippen LogP contribution in [0.5, 0.6) is 5.75 Å². The number of aliphatic hydroxyl groups is 1. The van der Waals surface area contributed by atoms with Crippen molar-refractivity contribution >= 4 is 11.6 Å². The minimum atomic E-state index is -2.61. The predicted octanol–water partition coefficient (Wildman–Crippen LogP) is 5.67. The van der Waals surface area contributed by atoms with E-state index in [0.29, 0.717) is 41.5 Å². The number of para-hydroxylation sites is 1. The molecule has 0 spiro atoms. The summed E-state index contributed by atoms with van der Waals surface area (Å²) in [6.45, 7) is 4.23. The summed E-state index contributed by atoms with van der Waals surface area (Å²) >= 11 is 0. The van der Waals surface area contributed by atoms with Gasteiger partial charge >= 0.3 is 0 Å². The number of amides is 1. The van der Waals surface area contributed by atoms with Crippen molar-refractivity contribution in [2.75, 3.05) is 24.7 Å². The Kier molecular flexibility index (Phi) is 6.96. The number of ether oxygens (including phenoxy) is 2. The predicted molar refractivity (Wildman–Crippen MR) is 136 cm³/mol. The van der Waals surface area contributed by atoms with Gasteiger partial charge in [-0.3, -0.25) is 9.78 Å². The van der Waals surface area contributed by atoms with Gasteiger partial charge in [-0.05, 0) is 62.6 Å². The number of carbonyl (C=O) groups excluding carboxylic acids is 1. The molecule has 1 saturated heterocycles. The van der Waals surface area contributed by atoms with Crippen LogP contribution in [0.25, 0.3) is 11.3 Å². The molecule has 0 atom stereocenters. The minimum Gasteiger partial charge on any atom is -0.487 e. The van der Waals surface area contributed by atoms with Crippen molar-refractivity contribution < 1.29 is 28.2 Å². The molecular weight excluding hydrogens is 478 g/mol. The first-order chi connectivity index (χ1) is 17.7. The number of benzene rings is 2. The maximum absolute atomic E-state index is 13.7. The molecule has 0 aliphatic carbocycles. The van der Waals surface area contributed by atoms with Gasteiger partial charge in [0.1, 0.15) is 12.4 Å². The van der Waals surface area contributed by atoms with Crippen LogP contribution in [0.1, 0.15) is 59.8 Å². The highest BCUT2D eigenvalue weighted by Crippen LogP contribution is 2.40. The molecule has 2 aliphatic heterocycles. The van der Waals surface area contributed by atoms with Crippen LogP contribution in [0, 0.1) is 0 Å². The Morgan fingerprint density at radius 3 is 2.49 bits per heavy atom. The number of alkyl halides is 2. The van der Waals surface area contributed by atoms with Crippen LogP contribution in [0.15, 0.2) is 54.6 Å². The molecule has 5 rings (SSSR count). The largest absolute Gasteiger partial charge is 0.487 e. The summed E-state index contributed by atoms with van der Waals surface area (Å²) < 4.78 is 36.9. The van der Waals surface area contributed by atoms with Crippen molar-refractivity contribution in [3.63, 3.8) is 0 Å². The van der Waals surface area contributed by atoms with Gasteiger partial charge in [0.25, 0.3) is 12.3 Å². The molecule has 1 fully saturated rings. The van der Waals surface area contributed by atoms with Gasteiger partial charge in [0.05, 0.1) is 17.8 Å². The lowest BCUT2D eigenvalue weighted by atomic mass is 9.92. The molecule has 0 radical (unpaired) electrons. The fourth-order valence-electron chi connectivity index (χ4n) is 4.94. The lowest BCUT2D eigenvalue weighted by Crippen LogP contribution is -2.23. The zero-order chi connectivity index (χ0) is 26.2. The summed E-state index contributed by atoms with van der Waals surface area (Å²) in [7, 11) is 0. The molecule has 37 heavy (non-hydrogen) atoms. The highest BCUT2D eigenvalue weighted by molar-refractivity contribution is 6.11. The van der Waals surface area contributed by atoms with Crippen LogP contribution in [0.2, 0.25) is 0 Å². The standard InChI is InChI=1S/C29H30F2N2O4/c1-29(2,35)19-7-9-20(10-8-19)33-16-23-22(28(33)34)15-24(18-11-13-36-14-12-18)32-27(23)21-5-3-4-6-25(21)37-17-26(30)31/h3-10,15,18,26,35H,11-14,16-17H2,1-2H3. The highest BCUT2D eigenvalue weighted by Gasteiger charge is 2.34. The molecule has 0 unspecified atom stereocenters. The molecule has 2 aliphatic rings. The Bertz CT molecular complexity index is 1280. The first-order valence-corrected chi connectivity index (χ1v) is 12.5. The minimum absolute atomic E-state index is 0.139. The average molecular weight is 509 g/mol. The van der Waals surface area contributed by atoms with E-state index in [0.717, 1.165) is 29.7 Å². The van der Waals surface area contributed by atoms with E-state index in [1.54, 1.807) is 36.9 Å². The quantitative estimate of drug-likeness (QED) is 0.445. The Balaban J connectivity index is 1.58. The molecule has 3 heterocycles. The fraction of sp³-hybridized carbons (Fsp3) is 0.379. The molecule has 194 valence electrons. The Hall–Kier alpha value is -3.36. The van der Waals surface area contributed by atoms with Crippen LogP contribution in [0.3, 0.4) is 0 Å². The smallest absolute Gasteiger partial charge is 0.272 e. The summed E-state index contributed by atoms with van der Waals surface area (Å²) in [6.07, 6.45) is -1.01. The third-order valence-corrected chi connectivity index (χ3v) is 6.97. The van der Waals surface area contributed by atoms with Gasteiger partial charge < -0.3 is 19.5 Å². The van der Waals surface area contributed by atoms with Crippen LogP contribution in [-0.4, -0.2) is 42.2 Å². The summed E-state index contributed by atoms with van der Waals surface area (Å²) in [4.78, 5) is 20.4. The van der Waals surface area contributed by atoms with E-state index in [1.807, 2.05) is 36.4 Å². The second-order valence-corrected chi connectivity index (χ2v) is 10.0. The van der Waals surface area contributed by atoms with Crippen molar-refractivity contribution in [1.29, 1.82) is 0 Å². The van der Waals surface area contributed by atoms with Gasteiger partial charge in [0.15, 0.2) is 0 Å². The van der Waals surface area contributed by atoms with Crippen molar-refractivity contribution in [3.05, 3.63) is 77.0 Å². The molecule has 3 aromatic rings. The lowest BCUT2D eigenvalue weighted by molar-refractivity contribution is 0.0786. The number of rotatable bonds is 7. The van der Waals surface area contributed by atoms with E-state index >= 15 is 0 Å². The van der Waals surface area contributed by atoms with E-state index < -0.39 is 18.6 Å². The molecule has 8 heteroatoms. The number of carbonyl (C=O) groups is 1. The fourth-order valence-corrected chi connectivity index (χ4v) is 4.94. The second kappa shape index (κ2) is 10.2. The summed E-state index contributed by atoms with van der Waals surface area (Å²) in [6, 6.07) is 16.1. The first-order valence-electron chi connectivity index (χ1n) is 12.5. The van der Waals surface area contributed by atoms with Crippen LogP contribution < -0.4 is 9.64 Å². The number of anilines is 1. The Morgan fingerprint density at radius 1 is 1.11 bits per heavy atom. The molecule has 1 N–H and O–H groups in total. The van der Waals surface area contributed by atoms with Crippen molar-refractivity contribution in [3.8, 4) is 17.0 Å². The maximum Gasteiger partial charge on any atom is 0.272 e. The number of aromatic nitrogens is 1. The van der Waals surface area contributed by atoms with E-state index in [2.05, 4.69) is 0 Å². The highest BCUT2D eigenvalue weighted by atomic mass is 19.3. The topological polar surface area (TPSA) is 71.9 Å². The van der Waals surface area contributed by atoms with Gasteiger partial charge in [0.2, 0.25) is 0 Å². The van der Waals surface area contributed by atoms with Crippen LogP contribution in [-0.2, 0) is 16.9 Å². The van der Waals surface area contributed by atoms with Crippen LogP contribution >= 0.6 is 0 Å². The van der Waals surface area contributed by atoms with Gasteiger partial charge in [0, 0.05) is 47.2 Å². The monoisotopic (exact) mass is 508 g/mol. The van der Waals surface area contributed by atoms with Crippen molar-refractivity contribution in [2.45, 2.75) is 51.2 Å². The van der Waals surface area contributed by atoms with E-state index in [4.69, 9.17) is 14.5 Å². The third kappa shape index (κ3) is 5.22. The number of halogens is 2. The second-order valence-electron chi connectivity index (χ2n) is 10.0. The Labute approximate surface area is 214 Å². The average Bonchev–Trinajstić information content (AvgIpc) is 3.23. The number of fused-ring (bicyclic) bond motifs is 1. The first kappa shape index (κ1) is 25.3. The summed E-state index contributed by atoms with van der Waals surface area (Å²) in [5, 5.41) is 10.3. The number of pyridine rings is 1. The zero-order valence-electron chi connectivity index (χ0n) is 20.9. The normalized spacial score (nSPS) is 16.4. The Morgan fingerprint density at radius 2 is 1.81 bits per heavy atom. The van der Waals surface area contributed by atoms with Gasteiger partial charge in [-0.1, -0.05) is 24.3 Å². The molecule has 0 saturated carbocycles. The molecule has 6 nitrogen and oxygen atoms in total. The molecule has 1 aromatic heterocycles. The third-order valence-electron chi connectivity index (χ3n) is 6.97. The lowest BCUT2D eigenvalue weighted by Gasteiger charge is -2.23. The summed E-state index contributed by atoms with van der Waals surface area (Å²) in [5.74, 6) is 0.302. The van der Waals surface area contributed by atoms with Crippen molar-refractivity contribution in [2.24, 2.45) is 0 Å². The maximum atomic E-state index is 13.7. The molecular formula is C29H30F2N2O4. The number of hydrogen-bond acceptors (Lipinski definition) is 5. The summed E-state index contributed by atoms with van der Waals surface area (Å²) in [5.41, 5.74) is 3.71. The van der Waals surface area contributed by atoms with Crippen molar-refractivity contribution in [1.82, 2.24) is 4.98 Å². The molecule has 0 bridgehead atoms. The van der Waals surface area contributed by atoms with E-state index in [9.17, 15) is 18.7 Å². The molecule has 1 amide bonds. The van der Waals surface area contributed by atoms with Gasteiger partial charge in [-0.25, -0.2) is 8.78 Å². The van der Waals surface area contributed by atoms with E-state index in [1.165, 1.54) is 0 Å². The zero-order valence-corrected chi connectivity index (χ0v) is 20.9. The number of hydrogen-bond donors (Lipinski definition) is 1. The van der Waals surface area contributed by atoms with Gasteiger partial charge in [-0.2, -0.15) is 0 Å². The van der Waals surface area contributed by atoms with Crippen LogP contribution in [0.4, 0.5) is 14.5 Å².